The van der Waals surface area contributed by atoms with Crippen LogP contribution < -0.4 is 25.6 Å². The van der Waals surface area contributed by atoms with E-state index in [1.54, 1.807) is 21.3 Å². The summed E-state index contributed by atoms with van der Waals surface area (Å²) in [5.74, 6) is 1.30. The molecule has 0 radical (unpaired) electrons. The van der Waals surface area contributed by atoms with E-state index >= 15 is 0 Å². The van der Waals surface area contributed by atoms with E-state index in [1.807, 2.05) is 18.2 Å². The third-order valence-corrected chi connectivity index (χ3v) is 4.51. The van der Waals surface area contributed by atoms with Crippen LogP contribution in [0.3, 0.4) is 0 Å². The molecule has 0 aliphatic carbocycles. The smallest absolute Gasteiger partial charge is 0.239 e. The third kappa shape index (κ3) is 6.48. The minimum absolute atomic E-state index is 0.105. The van der Waals surface area contributed by atoms with Crippen molar-refractivity contribution in [2.24, 2.45) is 4.99 Å². The number of guanidine groups is 1. The van der Waals surface area contributed by atoms with Crippen molar-refractivity contribution in [1.29, 1.82) is 0 Å². The van der Waals surface area contributed by atoms with Crippen LogP contribution >= 0.6 is 11.6 Å². The van der Waals surface area contributed by atoms with Crippen LogP contribution in [-0.4, -0.2) is 72.0 Å². The molecule has 150 valence electrons. The summed E-state index contributed by atoms with van der Waals surface area (Å²) in [5, 5.41) is 9.83. The Bertz CT molecular complexity index is 656. The maximum Gasteiger partial charge on any atom is 0.239 e. The standard InChI is InChI=1S/C18H28ClN5O3/c1-20-18(22-11-17(25)21-7-9-26-2)23-14-6-8-24(12-14)15-10-13(19)4-5-16(15)27-3/h4-5,10,14H,6-9,11-12H2,1-3H3,(H,21,25)(H2,20,22,23). The van der Waals surface area contributed by atoms with E-state index < -0.39 is 0 Å². The zero-order valence-electron chi connectivity index (χ0n) is 16.0. The van der Waals surface area contributed by atoms with Crippen molar-refractivity contribution in [2.75, 3.05) is 59.0 Å². The Kier molecular flexibility index (Phi) is 8.47. The predicted octanol–water partition coefficient (Wildman–Crippen LogP) is 0.855. The molecule has 1 aliphatic heterocycles. The van der Waals surface area contributed by atoms with Crippen molar-refractivity contribution in [3.63, 3.8) is 0 Å². The molecule has 1 unspecified atom stereocenters. The van der Waals surface area contributed by atoms with Crippen LogP contribution in [0.15, 0.2) is 23.2 Å². The van der Waals surface area contributed by atoms with Crippen molar-refractivity contribution >= 4 is 29.2 Å². The van der Waals surface area contributed by atoms with Gasteiger partial charge in [0.05, 0.1) is 25.9 Å². The molecule has 1 aromatic carbocycles. The van der Waals surface area contributed by atoms with E-state index in [0.717, 1.165) is 30.9 Å². The third-order valence-electron chi connectivity index (χ3n) is 4.28. The van der Waals surface area contributed by atoms with Crippen molar-refractivity contribution in [2.45, 2.75) is 12.5 Å². The summed E-state index contributed by atoms with van der Waals surface area (Å²) in [6, 6.07) is 5.82. The van der Waals surface area contributed by atoms with Gasteiger partial charge in [0, 0.05) is 44.9 Å². The summed E-state index contributed by atoms with van der Waals surface area (Å²) < 4.78 is 10.4. The zero-order chi connectivity index (χ0) is 19.6. The van der Waals surface area contributed by atoms with E-state index in [1.165, 1.54) is 0 Å². The molecule has 1 saturated heterocycles. The fourth-order valence-electron chi connectivity index (χ4n) is 2.91. The first-order chi connectivity index (χ1) is 13.1. The predicted molar refractivity (Wildman–Crippen MR) is 108 cm³/mol. The second kappa shape index (κ2) is 10.8. The highest BCUT2D eigenvalue weighted by Gasteiger charge is 2.25. The lowest BCUT2D eigenvalue weighted by Crippen LogP contribution is -2.47. The van der Waals surface area contributed by atoms with Crippen LogP contribution in [0.4, 0.5) is 5.69 Å². The van der Waals surface area contributed by atoms with Crippen LogP contribution in [-0.2, 0) is 9.53 Å². The van der Waals surface area contributed by atoms with E-state index in [0.29, 0.717) is 24.1 Å². The molecule has 1 atom stereocenters. The lowest BCUT2D eigenvalue weighted by molar-refractivity contribution is -0.120. The van der Waals surface area contributed by atoms with Crippen LogP contribution in [0, 0.1) is 0 Å². The molecule has 0 spiro atoms. The van der Waals surface area contributed by atoms with Gasteiger partial charge >= 0.3 is 0 Å². The Morgan fingerprint density at radius 2 is 2.19 bits per heavy atom. The summed E-state index contributed by atoms with van der Waals surface area (Å²) in [4.78, 5) is 18.2. The van der Waals surface area contributed by atoms with Gasteiger partial charge in [0.25, 0.3) is 0 Å². The Balaban J connectivity index is 1.84. The number of aliphatic imine (C=N–C) groups is 1. The number of anilines is 1. The summed E-state index contributed by atoms with van der Waals surface area (Å²) in [7, 11) is 4.94. The molecule has 1 aliphatic rings. The number of halogens is 1. The first-order valence-corrected chi connectivity index (χ1v) is 9.26. The highest BCUT2D eigenvalue weighted by molar-refractivity contribution is 6.30. The normalized spacial score (nSPS) is 17.0. The second-order valence-corrected chi connectivity index (χ2v) is 6.60. The molecule has 27 heavy (non-hydrogen) atoms. The van der Waals surface area contributed by atoms with E-state index in [9.17, 15) is 4.79 Å². The summed E-state index contributed by atoms with van der Waals surface area (Å²) in [6.07, 6.45) is 0.941. The fraction of sp³-hybridized carbons (Fsp3) is 0.556. The number of amides is 1. The molecule has 8 nitrogen and oxygen atoms in total. The van der Waals surface area contributed by atoms with Gasteiger partial charge in [-0.05, 0) is 24.6 Å². The van der Waals surface area contributed by atoms with Crippen LogP contribution in [0.2, 0.25) is 5.02 Å². The first-order valence-electron chi connectivity index (χ1n) is 8.88. The molecule has 1 heterocycles. The number of carbonyl (C=O) groups is 1. The summed E-state index contributed by atoms with van der Waals surface area (Å²) >= 11 is 6.14. The molecule has 0 aromatic heterocycles. The minimum atomic E-state index is -0.105. The van der Waals surface area contributed by atoms with Crippen molar-refractivity contribution in [3.05, 3.63) is 23.2 Å². The van der Waals surface area contributed by atoms with Crippen LogP contribution in [0.1, 0.15) is 6.42 Å². The van der Waals surface area contributed by atoms with E-state index in [-0.39, 0.29) is 18.5 Å². The lowest BCUT2D eigenvalue weighted by atomic mass is 10.2. The quantitative estimate of drug-likeness (QED) is 0.342. The van der Waals surface area contributed by atoms with Gasteiger partial charge in [-0.15, -0.1) is 0 Å². The number of hydrogen-bond donors (Lipinski definition) is 3. The molecule has 2 rings (SSSR count). The SMILES string of the molecule is CN=C(NCC(=O)NCCOC)NC1CCN(c2cc(Cl)ccc2OC)C1. The number of benzene rings is 1. The maximum atomic E-state index is 11.8. The van der Waals surface area contributed by atoms with Crippen molar-refractivity contribution in [3.8, 4) is 5.75 Å². The van der Waals surface area contributed by atoms with Gasteiger partial charge < -0.3 is 30.3 Å². The fourth-order valence-corrected chi connectivity index (χ4v) is 3.08. The molecule has 3 N–H and O–H groups in total. The largest absolute Gasteiger partial charge is 0.495 e. The monoisotopic (exact) mass is 397 g/mol. The van der Waals surface area contributed by atoms with Crippen LogP contribution in [0.25, 0.3) is 0 Å². The number of hydrogen-bond acceptors (Lipinski definition) is 5. The van der Waals surface area contributed by atoms with Gasteiger partial charge in [-0.1, -0.05) is 11.6 Å². The zero-order valence-corrected chi connectivity index (χ0v) is 16.8. The lowest BCUT2D eigenvalue weighted by Gasteiger charge is -2.22. The van der Waals surface area contributed by atoms with Crippen molar-refractivity contribution in [1.82, 2.24) is 16.0 Å². The maximum absolute atomic E-state index is 11.8. The highest BCUT2D eigenvalue weighted by Crippen LogP contribution is 2.33. The van der Waals surface area contributed by atoms with Gasteiger partial charge in [0.2, 0.25) is 5.91 Å². The summed E-state index contributed by atoms with van der Waals surface area (Å²) in [6.45, 7) is 2.80. The van der Waals surface area contributed by atoms with Gasteiger partial charge in [-0.25, -0.2) is 0 Å². The Morgan fingerprint density at radius 1 is 1.37 bits per heavy atom. The molecule has 1 amide bonds. The van der Waals surface area contributed by atoms with E-state index in [4.69, 9.17) is 21.1 Å². The average Bonchev–Trinajstić information content (AvgIpc) is 3.13. The van der Waals surface area contributed by atoms with Gasteiger partial charge in [-0.2, -0.15) is 0 Å². The number of rotatable bonds is 8. The number of ether oxygens (including phenoxy) is 2. The number of methoxy groups -OCH3 is 2. The molecular formula is C18H28ClN5O3. The molecule has 9 heteroatoms. The summed E-state index contributed by atoms with van der Waals surface area (Å²) in [5.41, 5.74) is 0.981. The molecule has 0 saturated carbocycles. The number of nitrogens with one attached hydrogen (secondary N) is 3. The number of nitrogens with zero attached hydrogens (tertiary/aromatic N) is 2. The molecule has 0 bridgehead atoms. The Morgan fingerprint density at radius 3 is 2.89 bits per heavy atom. The van der Waals surface area contributed by atoms with E-state index in [2.05, 4.69) is 25.8 Å². The number of carbonyl (C=O) groups excluding carboxylic acids is 1. The highest BCUT2D eigenvalue weighted by atomic mass is 35.5. The first kappa shape index (κ1) is 21.1. The van der Waals surface area contributed by atoms with Crippen LogP contribution in [0.5, 0.6) is 5.75 Å². The Hall–Kier alpha value is -2.19. The molecule has 1 aromatic rings. The molecule has 1 fully saturated rings. The van der Waals surface area contributed by atoms with Gasteiger partial charge in [0.1, 0.15) is 5.75 Å². The Labute approximate surface area is 165 Å². The molecular weight excluding hydrogens is 370 g/mol. The second-order valence-electron chi connectivity index (χ2n) is 6.16. The van der Waals surface area contributed by atoms with Crippen molar-refractivity contribution < 1.29 is 14.3 Å². The topological polar surface area (TPSA) is 87.2 Å². The average molecular weight is 398 g/mol. The van der Waals surface area contributed by atoms with Gasteiger partial charge in [-0.3, -0.25) is 9.79 Å². The minimum Gasteiger partial charge on any atom is -0.495 e. The van der Waals surface area contributed by atoms with Gasteiger partial charge in [0.15, 0.2) is 5.96 Å².